The van der Waals surface area contributed by atoms with Gasteiger partial charge in [-0.25, -0.2) is 9.38 Å². The smallest absolute Gasteiger partial charge is 0.251 e. The zero-order valence-corrected chi connectivity index (χ0v) is 17.2. The van der Waals surface area contributed by atoms with E-state index in [4.69, 9.17) is 0 Å². The van der Waals surface area contributed by atoms with Gasteiger partial charge in [0.15, 0.2) is 5.96 Å². The fourth-order valence-electron chi connectivity index (χ4n) is 2.25. The molecule has 26 heavy (non-hydrogen) atoms. The van der Waals surface area contributed by atoms with Crippen LogP contribution < -0.4 is 16.0 Å². The molecule has 0 aliphatic rings. The van der Waals surface area contributed by atoms with Crippen molar-refractivity contribution >= 4 is 35.8 Å². The first-order valence-corrected chi connectivity index (χ1v) is 8.20. The van der Waals surface area contributed by atoms with E-state index in [1.165, 1.54) is 12.1 Å². The average Bonchev–Trinajstić information content (AvgIpc) is 2.64. The molecule has 0 bridgehead atoms. The molecule has 3 N–H and O–H groups in total. The van der Waals surface area contributed by atoms with Gasteiger partial charge in [-0.3, -0.25) is 4.79 Å². The Morgan fingerprint density at radius 3 is 2.42 bits per heavy atom. The molecule has 5 nitrogen and oxygen atoms in total. The number of aliphatic imine (C=N–C) groups is 1. The highest BCUT2D eigenvalue weighted by atomic mass is 127. The van der Waals surface area contributed by atoms with E-state index in [0.717, 1.165) is 17.7 Å². The molecule has 2 rings (SSSR count). The molecule has 0 fully saturated rings. The van der Waals surface area contributed by atoms with E-state index in [1.807, 2.05) is 25.1 Å². The second-order valence-corrected chi connectivity index (χ2v) is 5.45. The fraction of sp³-hybridized carbons (Fsp3) is 0.263. The summed E-state index contributed by atoms with van der Waals surface area (Å²) in [4.78, 5) is 16.0. The fourth-order valence-corrected chi connectivity index (χ4v) is 2.25. The largest absolute Gasteiger partial charge is 0.357 e. The van der Waals surface area contributed by atoms with Crippen molar-refractivity contribution in [2.45, 2.75) is 20.0 Å². The van der Waals surface area contributed by atoms with E-state index < -0.39 is 0 Å². The third-order valence-corrected chi connectivity index (χ3v) is 3.56. The van der Waals surface area contributed by atoms with Gasteiger partial charge in [-0.15, -0.1) is 24.0 Å². The Labute approximate surface area is 170 Å². The molecule has 0 spiro atoms. The summed E-state index contributed by atoms with van der Waals surface area (Å²) in [5.74, 6) is 0.286. The quantitative estimate of drug-likeness (QED) is 0.346. The summed E-state index contributed by atoms with van der Waals surface area (Å²) in [5, 5.41) is 8.98. The Morgan fingerprint density at radius 1 is 1.08 bits per heavy atom. The normalized spacial score (nSPS) is 10.7. The standard InChI is InChI=1S/C19H23FN4O.HI/c1-3-22-19(24-13-15-5-4-6-17(20)11-15)23-12-14-7-9-16(10-8-14)18(25)21-2;/h4-11H,3,12-13H2,1-2H3,(H,21,25)(H2,22,23,24);1H. The molecule has 1 amide bonds. The van der Waals surface area contributed by atoms with Crippen LogP contribution in [0.5, 0.6) is 0 Å². The van der Waals surface area contributed by atoms with Crippen molar-refractivity contribution in [3.8, 4) is 0 Å². The second kappa shape index (κ2) is 11.5. The second-order valence-electron chi connectivity index (χ2n) is 5.45. The number of benzene rings is 2. The SMILES string of the molecule is CCNC(=NCc1cccc(F)c1)NCc1ccc(C(=O)NC)cc1.I. The van der Waals surface area contributed by atoms with E-state index in [2.05, 4.69) is 20.9 Å². The van der Waals surface area contributed by atoms with Crippen LogP contribution in [-0.2, 0) is 13.1 Å². The van der Waals surface area contributed by atoms with Gasteiger partial charge < -0.3 is 16.0 Å². The molecule has 0 saturated carbocycles. The van der Waals surface area contributed by atoms with Crippen molar-refractivity contribution in [1.82, 2.24) is 16.0 Å². The number of carbonyl (C=O) groups is 1. The number of hydrogen-bond acceptors (Lipinski definition) is 2. The number of nitrogens with one attached hydrogen (secondary N) is 3. The molecule has 0 aromatic heterocycles. The van der Waals surface area contributed by atoms with Gasteiger partial charge in [0.1, 0.15) is 5.82 Å². The van der Waals surface area contributed by atoms with E-state index in [1.54, 1.807) is 25.2 Å². The van der Waals surface area contributed by atoms with Crippen LogP contribution in [0.15, 0.2) is 53.5 Å². The first-order valence-electron chi connectivity index (χ1n) is 8.20. The lowest BCUT2D eigenvalue weighted by atomic mass is 10.1. The summed E-state index contributed by atoms with van der Waals surface area (Å²) in [5.41, 5.74) is 2.47. The van der Waals surface area contributed by atoms with Crippen LogP contribution >= 0.6 is 24.0 Å². The minimum atomic E-state index is -0.262. The van der Waals surface area contributed by atoms with Gasteiger partial charge in [0.25, 0.3) is 5.91 Å². The number of amides is 1. The Hall–Kier alpha value is -2.16. The molecular formula is C19H24FIN4O. The van der Waals surface area contributed by atoms with Crippen LogP contribution in [0.1, 0.15) is 28.4 Å². The van der Waals surface area contributed by atoms with E-state index in [9.17, 15) is 9.18 Å². The molecule has 0 aliphatic heterocycles. The predicted molar refractivity (Wildman–Crippen MR) is 113 cm³/mol. The number of nitrogens with zero attached hydrogens (tertiary/aromatic N) is 1. The van der Waals surface area contributed by atoms with Crippen molar-refractivity contribution in [3.63, 3.8) is 0 Å². The molecule has 0 saturated heterocycles. The molecular weight excluding hydrogens is 446 g/mol. The maximum absolute atomic E-state index is 13.2. The van der Waals surface area contributed by atoms with Gasteiger partial charge in [0, 0.05) is 25.7 Å². The minimum Gasteiger partial charge on any atom is -0.357 e. The van der Waals surface area contributed by atoms with Crippen molar-refractivity contribution in [2.75, 3.05) is 13.6 Å². The maximum Gasteiger partial charge on any atom is 0.251 e. The van der Waals surface area contributed by atoms with Crippen LogP contribution in [0.2, 0.25) is 0 Å². The summed E-state index contributed by atoms with van der Waals surface area (Å²) >= 11 is 0. The summed E-state index contributed by atoms with van der Waals surface area (Å²) in [6.07, 6.45) is 0. The first kappa shape index (κ1) is 21.9. The molecule has 0 radical (unpaired) electrons. The highest BCUT2D eigenvalue weighted by Crippen LogP contribution is 2.06. The van der Waals surface area contributed by atoms with Crippen LogP contribution in [-0.4, -0.2) is 25.5 Å². The van der Waals surface area contributed by atoms with Gasteiger partial charge in [-0.05, 0) is 42.3 Å². The molecule has 0 unspecified atom stereocenters. The zero-order valence-electron chi connectivity index (χ0n) is 14.9. The summed E-state index contributed by atoms with van der Waals surface area (Å²) in [6.45, 7) is 3.67. The van der Waals surface area contributed by atoms with Crippen LogP contribution in [0, 0.1) is 5.82 Å². The zero-order chi connectivity index (χ0) is 18.1. The number of halogens is 2. The lowest BCUT2D eigenvalue weighted by Gasteiger charge is -2.12. The van der Waals surface area contributed by atoms with Gasteiger partial charge in [-0.2, -0.15) is 0 Å². The van der Waals surface area contributed by atoms with E-state index in [0.29, 0.717) is 24.6 Å². The molecule has 7 heteroatoms. The molecule has 140 valence electrons. The highest BCUT2D eigenvalue weighted by Gasteiger charge is 2.03. The van der Waals surface area contributed by atoms with Gasteiger partial charge in [0.2, 0.25) is 0 Å². The summed E-state index contributed by atoms with van der Waals surface area (Å²) in [7, 11) is 1.61. The Morgan fingerprint density at radius 2 is 1.81 bits per heavy atom. The Balaban J connectivity index is 0.00000338. The number of carbonyl (C=O) groups excluding carboxylic acids is 1. The van der Waals surface area contributed by atoms with Crippen molar-refractivity contribution < 1.29 is 9.18 Å². The third kappa shape index (κ3) is 6.99. The molecule has 0 atom stereocenters. The minimum absolute atomic E-state index is 0. The molecule has 0 aliphatic carbocycles. The van der Waals surface area contributed by atoms with Crippen LogP contribution in [0.4, 0.5) is 4.39 Å². The average molecular weight is 470 g/mol. The molecule has 2 aromatic carbocycles. The number of rotatable bonds is 6. The maximum atomic E-state index is 13.2. The highest BCUT2D eigenvalue weighted by molar-refractivity contribution is 14.0. The summed E-state index contributed by atoms with van der Waals surface area (Å²) in [6, 6.07) is 13.8. The first-order chi connectivity index (χ1) is 12.1. The summed E-state index contributed by atoms with van der Waals surface area (Å²) < 4.78 is 13.2. The van der Waals surface area contributed by atoms with Crippen molar-refractivity contribution in [3.05, 3.63) is 71.0 Å². The lowest BCUT2D eigenvalue weighted by molar-refractivity contribution is 0.0963. The van der Waals surface area contributed by atoms with E-state index >= 15 is 0 Å². The van der Waals surface area contributed by atoms with Crippen LogP contribution in [0.3, 0.4) is 0 Å². The van der Waals surface area contributed by atoms with Crippen molar-refractivity contribution in [2.24, 2.45) is 4.99 Å². The topological polar surface area (TPSA) is 65.5 Å². The third-order valence-electron chi connectivity index (χ3n) is 3.56. The van der Waals surface area contributed by atoms with Gasteiger partial charge in [0.05, 0.1) is 6.54 Å². The van der Waals surface area contributed by atoms with Gasteiger partial charge in [-0.1, -0.05) is 24.3 Å². The number of guanidine groups is 1. The molecule has 0 heterocycles. The Bertz CT molecular complexity index is 735. The number of hydrogen-bond donors (Lipinski definition) is 3. The van der Waals surface area contributed by atoms with Crippen molar-refractivity contribution in [1.29, 1.82) is 0 Å². The van der Waals surface area contributed by atoms with E-state index in [-0.39, 0.29) is 35.7 Å². The lowest BCUT2D eigenvalue weighted by Crippen LogP contribution is -2.36. The predicted octanol–water partition coefficient (Wildman–Crippen LogP) is 3.06. The monoisotopic (exact) mass is 470 g/mol. The van der Waals surface area contributed by atoms with Gasteiger partial charge >= 0.3 is 0 Å². The molecule has 2 aromatic rings. The Kier molecular flexibility index (Phi) is 9.64. The van der Waals surface area contributed by atoms with Crippen LogP contribution in [0.25, 0.3) is 0 Å².